The van der Waals surface area contributed by atoms with E-state index in [1.807, 2.05) is 54.6 Å². The van der Waals surface area contributed by atoms with Gasteiger partial charge in [0.15, 0.2) is 4.33 Å². The number of rotatable bonds is 3. The van der Waals surface area contributed by atoms with E-state index in [1.165, 1.54) is 0 Å². The lowest BCUT2D eigenvalue weighted by atomic mass is 9.99. The predicted molar refractivity (Wildman–Crippen MR) is 75.5 cm³/mol. The first-order valence-corrected chi connectivity index (χ1v) is 6.07. The number of alkyl halides is 2. The van der Waals surface area contributed by atoms with Crippen LogP contribution in [-0.4, -0.2) is 0 Å². The summed E-state index contributed by atoms with van der Waals surface area (Å²) in [6.45, 7) is 3.78. The van der Waals surface area contributed by atoms with E-state index in [9.17, 15) is 0 Å². The molecule has 17 heavy (non-hydrogen) atoms. The maximum Gasteiger partial charge on any atom is 0.168 e. The van der Waals surface area contributed by atoms with Crippen LogP contribution in [0.25, 0.3) is 6.08 Å². The van der Waals surface area contributed by atoms with Crippen LogP contribution in [0.15, 0.2) is 61.2 Å². The third-order valence-electron chi connectivity index (χ3n) is 2.66. The molecule has 0 radical (unpaired) electrons. The summed E-state index contributed by atoms with van der Waals surface area (Å²) >= 11 is 13.0. The molecule has 2 heteroatoms. The molecule has 0 bridgehead atoms. The highest BCUT2D eigenvalue weighted by Crippen LogP contribution is 2.42. The summed E-state index contributed by atoms with van der Waals surface area (Å²) in [6, 6.07) is 17.3. The van der Waals surface area contributed by atoms with Crippen LogP contribution in [-0.2, 0) is 4.33 Å². The summed E-state index contributed by atoms with van der Waals surface area (Å²) in [5.74, 6) is 0. The molecule has 0 fully saturated rings. The fourth-order valence-electron chi connectivity index (χ4n) is 1.76. The van der Waals surface area contributed by atoms with Crippen LogP contribution in [0.1, 0.15) is 16.7 Å². The number of hydrogen-bond acceptors (Lipinski definition) is 0. The first-order valence-electron chi connectivity index (χ1n) is 5.31. The van der Waals surface area contributed by atoms with Gasteiger partial charge in [0.1, 0.15) is 0 Å². The van der Waals surface area contributed by atoms with E-state index in [0.717, 1.165) is 16.7 Å². The second kappa shape index (κ2) is 4.95. The molecule has 86 valence electrons. The monoisotopic (exact) mass is 262 g/mol. The predicted octanol–water partition coefficient (Wildman–Crippen LogP) is 5.01. The van der Waals surface area contributed by atoms with Crippen molar-refractivity contribution in [2.45, 2.75) is 4.33 Å². The Balaban J connectivity index is 2.55. The lowest BCUT2D eigenvalue weighted by Gasteiger charge is -2.22. The lowest BCUT2D eigenvalue weighted by Crippen LogP contribution is -2.13. The Morgan fingerprint density at radius 1 is 0.882 bits per heavy atom. The van der Waals surface area contributed by atoms with Gasteiger partial charge in [-0.25, -0.2) is 0 Å². The molecule has 0 saturated heterocycles. The SMILES string of the molecule is C=Cc1ccccc1C(Cl)(Cl)c1ccccc1. The third kappa shape index (κ3) is 2.38. The molecule has 0 atom stereocenters. The van der Waals surface area contributed by atoms with Crippen LogP contribution in [0.3, 0.4) is 0 Å². The van der Waals surface area contributed by atoms with Gasteiger partial charge in [-0.15, -0.1) is 0 Å². The molecular weight excluding hydrogens is 251 g/mol. The zero-order valence-electron chi connectivity index (χ0n) is 9.24. The van der Waals surface area contributed by atoms with Crippen LogP contribution in [0.4, 0.5) is 0 Å². The van der Waals surface area contributed by atoms with Gasteiger partial charge in [-0.05, 0) is 16.7 Å². The number of halogens is 2. The van der Waals surface area contributed by atoms with Gasteiger partial charge in [-0.2, -0.15) is 0 Å². The van der Waals surface area contributed by atoms with Gasteiger partial charge >= 0.3 is 0 Å². The molecule has 0 spiro atoms. The Morgan fingerprint density at radius 3 is 2.12 bits per heavy atom. The Labute approximate surface area is 112 Å². The van der Waals surface area contributed by atoms with Crippen molar-refractivity contribution < 1.29 is 0 Å². The molecule has 0 nitrogen and oxygen atoms in total. The van der Waals surface area contributed by atoms with Gasteiger partial charge < -0.3 is 0 Å². The minimum Gasteiger partial charge on any atom is -0.0985 e. The maximum absolute atomic E-state index is 6.49. The average molecular weight is 263 g/mol. The summed E-state index contributed by atoms with van der Waals surface area (Å²) in [5, 5.41) is 0. The molecule has 0 amide bonds. The van der Waals surface area contributed by atoms with E-state index in [-0.39, 0.29) is 0 Å². The van der Waals surface area contributed by atoms with Crippen molar-refractivity contribution in [1.82, 2.24) is 0 Å². The van der Waals surface area contributed by atoms with Crippen molar-refractivity contribution in [3.63, 3.8) is 0 Å². The molecule has 2 aromatic rings. The summed E-state index contributed by atoms with van der Waals surface area (Å²) in [6.07, 6.45) is 1.76. The Kier molecular flexibility index (Phi) is 3.56. The van der Waals surface area contributed by atoms with Crippen molar-refractivity contribution in [3.05, 3.63) is 77.9 Å². The van der Waals surface area contributed by atoms with Crippen molar-refractivity contribution in [2.75, 3.05) is 0 Å². The topological polar surface area (TPSA) is 0 Å². The van der Waals surface area contributed by atoms with Crippen molar-refractivity contribution >= 4 is 29.3 Å². The summed E-state index contributed by atoms with van der Waals surface area (Å²) in [4.78, 5) is 0. The smallest absolute Gasteiger partial charge is 0.0985 e. The number of hydrogen-bond donors (Lipinski definition) is 0. The van der Waals surface area contributed by atoms with Crippen molar-refractivity contribution in [3.8, 4) is 0 Å². The molecule has 0 N–H and O–H groups in total. The minimum absolute atomic E-state index is 0.851. The maximum atomic E-state index is 6.49. The molecule has 0 aliphatic heterocycles. The molecule has 2 aromatic carbocycles. The lowest BCUT2D eigenvalue weighted by molar-refractivity contribution is 1.03. The van der Waals surface area contributed by atoms with Crippen LogP contribution < -0.4 is 0 Å². The second-order valence-electron chi connectivity index (χ2n) is 3.73. The van der Waals surface area contributed by atoms with Crippen LogP contribution >= 0.6 is 23.2 Å². The quantitative estimate of drug-likeness (QED) is 0.683. The van der Waals surface area contributed by atoms with Gasteiger partial charge in [0, 0.05) is 0 Å². The standard InChI is InChI=1S/C15H12Cl2/c1-2-12-8-6-7-11-14(12)15(16,17)13-9-4-3-5-10-13/h2-11H,1H2. The Bertz CT molecular complexity index is 515. The zero-order valence-corrected chi connectivity index (χ0v) is 10.7. The highest BCUT2D eigenvalue weighted by Gasteiger charge is 2.30. The molecule has 0 unspecified atom stereocenters. The van der Waals surface area contributed by atoms with Crippen LogP contribution in [0.2, 0.25) is 0 Å². The molecule has 0 saturated carbocycles. The van der Waals surface area contributed by atoms with E-state index in [0.29, 0.717) is 0 Å². The van der Waals surface area contributed by atoms with Gasteiger partial charge in [-0.1, -0.05) is 90.5 Å². The Hall–Kier alpha value is -1.24. The first-order chi connectivity index (χ1) is 8.16. The van der Waals surface area contributed by atoms with Crippen LogP contribution in [0.5, 0.6) is 0 Å². The van der Waals surface area contributed by atoms with Gasteiger partial charge in [-0.3, -0.25) is 0 Å². The van der Waals surface area contributed by atoms with Crippen molar-refractivity contribution in [1.29, 1.82) is 0 Å². The summed E-state index contributed by atoms with van der Waals surface area (Å²) < 4.78 is -1.05. The van der Waals surface area contributed by atoms with Crippen LogP contribution in [0, 0.1) is 0 Å². The summed E-state index contributed by atoms with van der Waals surface area (Å²) in [5.41, 5.74) is 2.66. The highest BCUT2D eigenvalue weighted by atomic mass is 35.5. The molecular formula is C15H12Cl2. The average Bonchev–Trinajstić information content (AvgIpc) is 2.39. The summed E-state index contributed by atoms with van der Waals surface area (Å²) in [7, 11) is 0. The van der Waals surface area contributed by atoms with E-state index >= 15 is 0 Å². The van der Waals surface area contributed by atoms with Gasteiger partial charge in [0.05, 0.1) is 0 Å². The van der Waals surface area contributed by atoms with Gasteiger partial charge in [0.2, 0.25) is 0 Å². The third-order valence-corrected chi connectivity index (χ3v) is 3.50. The molecule has 0 heterocycles. The first kappa shape index (κ1) is 12.2. The fourth-order valence-corrected chi connectivity index (χ4v) is 2.36. The highest BCUT2D eigenvalue weighted by molar-refractivity contribution is 6.50. The molecule has 0 aromatic heterocycles. The molecule has 0 aliphatic carbocycles. The molecule has 0 aliphatic rings. The Morgan fingerprint density at radius 2 is 1.47 bits per heavy atom. The largest absolute Gasteiger partial charge is 0.168 e. The normalized spacial score (nSPS) is 11.2. The van der Waals surface area contributed by atoms with Crippen molar-refractivity contribution in [2.24, 2.45) is 0 Å². The van der Waals surface area contributed by atoms with Gasteiger partial charge in [0.25, 0.3) is 0 Å². The van der Waals surface area contributed by atoms with E-state index in [2.05, 4.69) is 6.58 Å². The van der Waals surface area contributed by atoms with E-state index < -0.39 is 4.33 Å². The second-order valence-corrected chi connectivity index (χ2v) is 5.06. The fraction of sp³-hybridized carbons (Fsp3) is 0.0667. The zero-order chi connectivity index (χ0) is 12.3. The molecule has 2 rings (SSSR count). The minimum atomic E-state index is -1.05. The van der Waals surface area contributed by atoms with E-state index in [4.69, 9.17) is 23.2 Å². The number of benzene rings is 2. The van der Waals surface area contributed by atoms with E-state index in [1.54, 1.807) is 6.08 Å².